The summed E-state index contributed by atoms with van der Waals surface area (Å²) < 4.78 is 32.2. The van der Waals surface area contributed by atoms with Crippen LogP contribution in [0.25, 0.3) is 0 Å². The average molecular weight is 312 g/mol. The largest absolute Gasteiger partial charge is 0.461 e. The Balaban J connectivity index is 2.32. The van der Waals surface area contributed by atoms with Crippen molar-refractivity contribution in [1.29, 1.82) is 0 Å². The zero-order valence-electron chi connectivity index (χ0n) is 11.7. The molecule has 0 saturated heterocycles. The summed E-state index contributed by atoms with van der Waals surface area (Å²) in [5.74, 6) is -0.778. The standard InChI is InChI=1S/C13H14F2N4OS/c1-7(2)20-12-17-11(16-3)18-13(19-12)21-10-6-8(14)4-5-9(10)15/h4-7H,1-3H3,(H,16,17,18,19). The SMILES string of the molecule is CNc1nc(OC(C)C)nc(Sc2cc(F)ccc2F)n1. The highest BCUT2D eigenvalue weighted by Crippen LogP contribution is 2.29. The maximum absolute atomic E-state index is 13.6. The number of nitrogens with one attached hydrogen (secondary N) is 1. The summed E-state index contributed by atoms with van der Waals surface area (Å²) in [7, 11) is 1.64. The van der Waals surface area contributed by atoms with Gasteiger partial charge in [0, 0.05) is 7.05 Å². The van der Waals surface area contributed by atoms with E-state index in [1.807, 2.05) is 13.8 Å². The number of aromatic nitrogens is 3. The lowest BCUT2D eigenvalue weighted by Gasteiger charge is -2.10. The van der Waals surface area contributed by atoms with E-state index in [1.54, 1.807) is 7.05 Å². The van der Waals surface area contributed by atoms with Gasteiger partial charge in [-0.25, -0.2) is 8.78 Å². The lowest BCUT2D eigenvalue weighted by Crippen LogP contribution is -2.11. The molecule has 2 aromatic rings. The molecule has 0 saturated carbocycles. The van der Waals surface area contributed by atoms with Crippen LogP contribution in [0, 0.1) is 11.6 Å². The van der Waals surface area contributed by atoms with Crippen LogP contribution in [0.5, 0.6) is 6.01 Å². The molecule has 1 heterocycles. The second kappa shape index (κ2) is 6.66. The van der Waals surface area contributed by atoms with Crippen LogP contribution in [-0.2, 0) is 0 Å². The van der Waals surface area contributed by atoms with E-state index in [0.29, 0.717) is 5.95 Å². The van der Waals surface area contributed by atoms with Crippen molar-refractivity contribution in [1.82, 2.24) is 15.0 Å². The third-order valence-corrected chi connectivity index (χ3v) is 3.15. The highest BCUT2D eigenvalue weighted by molar-refractivity contribution is 7.99. The smallest absolute Gasteiger partial charge is 0.322 e. The van der Waals surface area contributed by atoms with Crippen molar-refractivity contribution in [2.24, 2.45) is 0 Å². The molecule has 0 aliphatic rings. The van der Waals surface area contributed by atoms with Gasteiger partial charge in [0.2, 0.25) is 11.1 Å². The first-order valence-electron chi connectivity index (χ1n) is 6.21. The quantitative estimate of drug-likeness (QED) is 0.915. The maximum atomic E-state index is 13.6. The van der Waals surface area contributed by atoms with Crippen LogP contribution < -0.4 is 10.1 Å². The molecule has 5 nitrogen and oxygen atoms in total. The number of hydrogen-bond donors (Lipinski definition) is 1. The third kappa shape index (κ3) is 4.25. The Morgan fingerprint density at radius 2 is 1.95 bits per heavy atom. The predicted octanol–water partition coefficient (Wildman–Crippen LogP) is 3.13. The third-order valence-electron chi connectivity index (χ3n) is 2.25. The zero-order valence-corrected chi connectivity index (χ0v) is 12.5. The van der Waals surface area contributed by atoms with Gasteiger partial charge in [0.15, 0.2) is 0 Å². The lowest BCUT2D eigenvalue weighted by molar-refractivity contribution is 0.219. The fourth-order valence-corrected chi connectivity index (χ4v) is 2.20. The molecule has 2 rings (SSSR count). The van der Waals surface area contributed by atoms with Crippen molar-refractivity contribution in [2.45, 2.75) is 30.0 Å². The average Bonchev–Trinajstić information content (AvgIpc) is 2.42. The number of hydrogen-bond acceptors (Lipinski definition) is 6. The van der Waals surface area contributed by atoms with E-state index in [1.165, 1.54) is 0 Å². The summed E-state index contributed by atoms with van der Waals surface area (Å²) in [4.78, 5) is 12.3. The summed E-state index contributed by atoms with van der Waals surface area (Å²) >= 11 is 0.902. The molecule has 112 valence electrons. The fourth-order valence-electron chi connectivity index (χ4n) is 1.41. The van der Waals surface area contributed by atoms with E-state index in [4.69, 9.17) is 4.74 Å². The Morgan fingerprint density at radius 3 is 2.62 bits per heavy atom. The number of halogens is 2. The molecule has 0 unspecified atom stereocenters. The molecule has 0 bridgehead atoms. The molecule has 1 aromatic heterocycles. The van der Waals surface area contributed by atoms with Crippen LogP contribution in [0.15, 0.2) is 28.3 Å². The molecular weight excluding hydrogens is 298 g/mol. The van der Waals surface area contributed by atoms with Gasteiger partial charge in [-0.15, -0.1) is 0 Å². The summed E-state index contributed by atoms with van der Waals surface area (Å²) in [6.45, 7) is 3.67. The van der Waals surface area contributed by atoms with Crippen LogP contribution >= 0.6 is 11.8 Å². The number of rotatable bonds is 5. The molecule has 0 aliphatic carbocycles. The van der Waals surface area contributed by atoms with Crippen LogP contribution in [-0.4, -0.2) is 28.1 Å². The van der Waals surface area contributed by atoms with E-state index in [9.17, 15) is 8.78 Å². The van der Waals surface area contributed by atoms with Gasteiger partial charge in [0.1, 0.15) is 11.6 Å². The summed E-state index contributed by atoms with van der Waals surface area (Å²) in [5, 5.41) is 2.99. The van der Waals surface area contributed by atoms with Crippen molar-refractivity contribution in [3.8, 4) is 6.01 Å². The second-order valence-electron chi connectivity index (χ2n) is 4.32. The number of ether oxygens (including phenoxy) is 1. The van der Waals surface area contributed by atoms with Gasteiger partial charge >= 0.3 is 6.01 Å². The maximum Gasteiger partial charge on any atom is 0.322 e. The van der Waals surface area contributed by atoms with Gasteiger partial charge in [0.25, 0.3) is 0 Å². The molecular formula is C13H14F2N4OS. The Bertz CT molecular complexity index is 640. The van der Waals surface area contributed by atoms with Crippen molar-refractivity contribution < 1.29 is 13.5 Å². The Hall–Kier alpha value is -1.96. The number of benzene rings is 1. The van der Waals surface area contributed by atoms with E-state index in [-0.39, 0.29) is 22.2 Å². The molecule has 0 fully saturated rings. The minimum atomic E-state index is -0.542. The fraction of sp³-hybridized carbons (Fsp3) is 0.308. The zero-order chi connectivity index (χ0) is 15.4. The molecule has 1 aromatic carbocycles. The minimum Gasteiger partial charge on any atom is -0.461 e. The first kappa shape index (κ1) is 15.4. The highest BCUT2D eigenvalue weighted by atomic mass is 32.2. The second-order valence-corrected chi connectivity index (χ2v) is 5.33. The Labute approximate surface area is 125 Å². The van der Waals surface area contributed by atoms with Crippen LogP contribution in [0.3, 0.4) is 0 Å². The van der Waals surface area contributed by atoms with Gasteiger partial charge in [-0.3, -0.25) is 0 Å². The topological polar surface area (TPSA) is 59.9 Å². The van der Waals surface area contributed by atoms with Gasteiger partial charge in [0.05, 0.1) is 11.0 Å². The predicted molar refractivity (Wildman–Crippen MR) is 75.6 cm³/mol. The van der Waals surface area contributed by atoms with E-state index < -0.39 is 11.6 Å². The van der Waals surface area contributed by atoms with Crippen molar-refractivity contribution in [3.05, 3.63) is 29.8 Å². The van der Waals surface area contributed by atoms with Crippen LogP contribution in [0.1, 0.15) is 13.8 Å². The first-order chi connectivity index (χ1) is 9.97. The molecule has 0 aliphatic heterocycles. The van der Waals surface area contributed by atoms with Gasteiger partial charge in [-0.1, -0.05) is 0 Å². The minimum absolute atomic E-state index is 0.0961. The van der Waals surface area contributed by atoms with Crippen molar-refractivity contribution in [2.75, 3.05) is 12.4 Å². The van der Waals surface area contributed by atoms with Gasteiger partial charge in [-0.05, 0) is 43.8 Å². The number of nitrogens with zero attached hydrogens (tertiary/aromatic N) is 3. The summed E-state index contributed by atoms with van der Waals surface area (Å²) in [5.41, 5.74) is 0. The normalized spacial score (nSPS) is 10.8. The first-order valence-corrected chi connectivity index (χ1v) is 7.03. The van der Waals surface area contributed by atoms with Gasteiger partial charge < -0.3 is 10.1 Å². The summed E-state index contributed by atoms with van der Waals surface area (Å²) in [6.07, 6.45) is -0.110. The molecule has 0 amide bonds. The highest BCUT2D eigenvalue weighted by Gasteiger charge is 2.12. The monoisotopic (exact) mass is 312 g/mol. The van der Waals surface area contributed by atoms with Crippen molar-refractivity contribution in [3.63, 3.8) is 0 Å². The van der Waals surface area contributed by atoms with Crippen molar-refractivity contribution >= 4 is 17.7 Å². The molecule has 21 heavy (non-hydrogen) atoms. The number of anilines is 1. The summed E-state index contributed by atoms with van der Waals surface area (Å²) in [6, 6.07) is 3.33. The Kier molecular flexibility index (Phi) is 4.89. The van der Waals surface area contributed by atoms with Crippen LogP contribution in [0.4, 0.5) is 14.7 Å². The molecule has 0 radical (unpaired) electrons. The lowest BCUT2D eigenvalue weighted by atomic mass is 10.3. The Morgan fingerprint density at radius 1 is 1.19 bits per heavy atom. The molecule has 8 heteroatoms. The van der Waals surface area contributed by atoms with Crippen LogP contribution in [0.2, 0.25) is 0 Å². The molecule has 1 N–H and O–H groups in total. The van der Waals surface area contributed by atoms with E-state index >= 15 is 0 Å². The van der Waals surface area contributed by atoms with E-state index in [0.717, 1.165) is 30.0 Å². The molecule has 0 atom stereocenters. The van der Waals surface area contributed by atoms with Gasteiger partial charge in [-0.2, -0.15) is 15.0 Å². The van der Waals surface area contributed by atoms with E-state index in [2.05, 4.69) is 20.3 Å². The molecule has 0 spiro atoms.